The fourth-order valence-corrected chi connectivity index (χ4v) is 6.64. The highest BCUT2D eigenvalue weighted by Crippen LogP contribution is 2.39. The summed E-state index contributed by atoms with van der Waals surface area (Å²) in [7, 11) is 1.57. The number of fused-ring (bicyclic) bond motifs is 1. The number of anilines is 1. The van der Waals surface area contributed by atoms with E-state index in [1.807, 2.05) is 59.7 Å². The number of hydrogen-bond donors (Lipinski definition) is 3. The molecule has 0 saturated carbocycles. The number of likely N-dealkylation sites (tertiary alicyclic amines) is 1. The van der Waals surface area contributed by atoms with Crippen LogP contribution in [0.2, 0.25) is 5.02 Å². The second-order valence-corrected chi connectivity index (χ2v) is 14.2. The third-order valence-corrected chi connectivity index (χ3v) is 8.85. The number of urea groups is 1. The number of aromatic nitrogens is 1. The van der Waals surface area contributed by atoms with Crippen molar-refractivity contribution in [3.05, 3.63) is 56.8 Å². The summed E-state index contributed by atoms with van der Waals surface area (Å²) < 4.78 is 24.2. The maximum Gasteiger partial charge on any atom is 0.410 e. The molecule has 49 heavy (non-hydrogen) atoms. The van der Waals surface area contributed by atoms with Crippen LogP contribution in [0.3, 0.4) is 0 Å². The summed E-state index contributed by atoms with van der Waals surface area (Å²) in [6, 6.07) is 8.57. The lowest BCUT2D eigenvalue weighted by Crippen LogP contribution is -2.46. The number of pyridine rings is 1. The number of aromatic amines is 1. The Kier molecular flexibility index (Phi) is 13.3. The average molecular weight is 717 g/mol. The summed E-state index contributed by atoms with van der Waals surface area (Å²) in [5.41, 5.74) is 2.82. The van der Waals surface area contributed by atoms with Crippen LogP contribution in [0, 0.1) is 13.8 Å². The lowest BCUT2D eigenvalue weighted by atomic mass is 9.98. The van der Waals surface area contributed by atoms with Crippen molar-refractivity contribution in [1.82, 2.24) is 15.2 Å². The van der Waals surface area contributed by atoms with Gasteiger partial charge >= 0.3 is 12.1 Å². The van der Waals surface area contributed by atoms with Gasteiger partial charge in [-0.05, 0) is 78.5 Å². The zero-order chi connectivity index (χ0) is 35.9. The molecule has 1 fully saturated rings. The Morgan fingerprint density at radius 1 is 1.14 bits per heavy atom. The van der Waals surface area contributed by atoms with Gasteiger partial charge in [0, 0.05) is 44.7 Å². The van der Waals surface area contributed by atoms with Gasteiger partial charge in [0.25, 0.3) is 5.56 Å². The van der Waals surface area contributed by atoms with E-state index in [0.717, 1.165) is 34.7 Å². The van der Waals surface area contributed by atoms with E-state index in [9.17, 15) is 14.4 Å². The summed E-state index contributed by atoms with van der Waals surface area (Å²) in [6.07, 6.45) is 2.57. The van der Waals surface area contributed by atoms with Crippen LogP contribution in [0.25, 0.3) is 22.0 Å². The molecule has 0 radical (unpaired) electrons. The zero-order valence-corrected chi connectivity index (χ0v) is 31.1. The topological polar surface area (TPSA) is 122 Å². The molecule has 2 unspecified atom stereocenters. The minimum Gasteiger partial charge on any atom is -0.492 e. The molecule has 2 atom stereocenters. The quantitative estimate of drug-likeness (QED) is 0.167. The summed E-state index contributed by atoms with van der Waals surface area (Å²) in [6.45, 7) is 13.2. The highest BCUT2D eigenvalue weighted by atomic mass is 35.5. The molecule has 2 N–H and O–H groups in total. The molecule has 3 aromatic rings. The molecule has 1 aliphatic heterocycles. The van der Waals surface area contributed by atoms with Crippen LogP contribution in [0.4, 0.5) is 15.3 Å². The number of hydrogen-bond acceptors (Lipinski definition) is 8. The van der Waals surface area contributed by atoms with Gasteiger partial charge in [0.15, 0.2) is 0 Å². The number of carbonyl (C=O) groups excluding carboxylic acids is 2. The van der Waals surface area contributed by atoms with Gasteiger partial charge in [-0.15, -0.1) is 0 Å². The van der Waals surface area contributed by atoms with E-state index in [1.165, 1.54) is 0 Å². The second kappa shape index (κ2) is 17.0. The molecule has 4 rings (SSSR count). The van der Waals surface area contributed by atoms with E-state index in [1.54, 1.807) is 24.1 Å². The van der Waals surface area contributed by atoms with Crippen molar-refractivity contribution in [3.8, 4) is 16.9 Å². The van der Waals surface area contributed by atoms with Gasteiger partial charge in [-0.3, -0.25) is 4.79 Å². The SMILES string of the molecule is CCOC(CNC(=O)N(S)c1cc2c(OCCC3CCCCN3C(=O)OC(C)(C)C)c(-c3cc(C)cc(C)c3)c(=O)[nH]c2cc1Cl)COC. The van der Waals surface area contributed by atoms with E-state index in [0.29, 0.717) is 59.6 Å². The number of amides is 3. The van der Waals surface area contributed by atoms with Crippen LogP contribution < -0.4 is 19.9 Å². The molecule has 1 aromatic heterocycles. The molecule has 1 saturated heterocycles. The molecule has 2 heterocycles. The first-order valence-electron chi connectivity index (χ1n) is 16.7. The fourth-order valence-electron chi connectivity index (χ4n) is 6.10. The largest absolute Gasteiger partial charge is 0.492 e. The fraction of sp³-hybridized carbons (Fsp3) is 0.528. The highest BCUT2D eigenvalue weighted by Gasteiger charge is 2.31. The lowest BCUT2D eigenvalue weighted by molar-refractivity contribution is 0.00660. The average Bonchev–Trinajstić information content (AvgIpc) is 3.02. The summed E-state index contributed by atoms with van der Waals surface area (Å²) >= 11 is 11.2. The Labute approximate surface area is 299 Å². The molecule has 11 nitrogen and oxygen atoms in total. The minimum absolute atomic E-state index is 0.0817. The van der Waals surface area contributed by atoms with E-state index in [2.05, 4.69) is 23.1 Å². The molecular weight excluding hydrogens is 668 g/mol. The first-order valence-corrected chi connectivity index (χ1v) is 17.5. The van der Waals surface area contributed by atoms with Gasteiger partial charge in [0.1, 0.15) is 11.4 Å². The molecule has 3 amide bonds. The van der Waals surface area contributed by atoms with Gasteiger partial charge in [-0.2, -0.15) is 0 Å². The van der Waals surface area contributed by atoms with Crippen molar-refractivity contribution >= 4 is 53.1 Å². The predicted molar refractivity (Wildman–Crippen MR) is 197 cm³/mol. The maximum atomic E-state index is 13.8. The van der Waals surface area contributed by atoms with Gasteiger partial charge < -0.3 is 34.1 Å². The first kappa shape index (κ1) is 38.4. The number of benzene rings is 2. The molecule has 0 aliphatic carbocycles. The molecule has 0 spiro atoms. The van der Waals surface area contributed by atoms with E-state index in [-0.39, 0.29) is 42.0 Å². The summed E-state index contributed by atoms with van der Waals surface area (Å²) in [4.78, 5) is 44.8. The number of piperidine rings is 1. The van der Waals surface area contributed by atoms with Crippen LogP contribution in [0.5, 0.6) is 5.75 Å². The second-order valence-electron chi connectivity index (χ2n) is 13.4. The maximum absolute atomic E-state index is 13.8. The van der Waals surface area contributed by atoms with E-state index in [4.69, 9.17) is 30.5 Å². The minimum atomic E-state index is -0.605. The van der Waals surface area contributed by atoms with Crippen LogP contribution in [-0.2, 0) is 14.2 Å². The third kappa shape index (κ3) is 10.1. The normalized spacial score (nSPS) is 15.6. The van der Waals surface area contributed by atoms with Crippen molar-refractivity contribution in [3.63, 3.8) is 0 Å². The molecular formula is C36H49ClN4O7S. The number of nitrogens with zero attached hydrogens (tertiary/aromatic N) is 2. The molecule has 2 aromatic carbocycles. The first-order chi connectivity index (χ1) is 23.2. The Morgan fingerprint density at radius 3 is 2.51 bits per heavy atom. The number of methoxy groups -OCH3 is 1. The van der Waals surface area contributed by atoms with Crippen LogP contribution in [0.15, 0.2) is 35.1 Å². The van der Waals surface area contributed by atoms with E-state index >= 15 is 0 Å². The molecule has 268 valence electrons. The van der Waals surface area contributed by atoms with E-state index < -0.39 is 11.6 Å². The predicted octanol–water partition coefficient (Wildman–Crippen LogP) is 7.44. The van der Waals surface area contributed by atoms with Crippen LogP contribution in [0.1, 0.15) is 64.5 Å². The summed E-state index contributed by atoms with van der Waals surface area (Å²) in [5.74, 6) is 0.347. The number of thiol groups is 1. The van der Waals surface area contributed by atoms with Gasteiger partial charge in [0.2, 0.25) is 0 Å². The Balaban J connectivity index is 1.71. The number of ether oxygens (including phenoxy) is 4. The number of halogens is 1. The number of aryl methyl sites for hydroxylation is 2. The summed E-state index contributed by atoms with van der Waals surface area (Å²) in [5, 5.41) is 3.55. The monoisotopic (exact) mass is 716 g/mol. The Hall–Kier alpha value is -3.45. The molecule has 1 aliphatic rings. The van der Waals surface area contributed by atoms with Crippen LogP contribution >= 0.6 is 24.4 Å². The molecule has 0 bridgehead atoms. The standard InChI is InChI=1S/C36H49ClN4O7S/c1-8-46-26(21-45-7)20-38-34(43)41(49)30-18-27-29(19-28(30)37)39-33(42)31(24-16-22(2)15-23(3)17-24)32(27)47-14-12-25-11-9-10-13-40(25)35(44)48-36(4,5)6/h15-19,25-26,49H,8-14,20-21H2,1-7H3,(H,38,43)(H,39,42). The van der Waals surface area contributed by atoms with Crippen molar-refractivity contribution in [1.29, 1.82) is 0 Å². The molecule has 13 heteroatoms. The number of nitrogens with one attached hydrogen (secondary N) is 2. The van der Waals surface area contributed by atoms with Gasteiger partial charge in [-0.1, -0.05) is 53.7 Å². The van der Waals surface area contributed by atoms with Crippen molar-refractivity contribution in [2.75, 3.05) is 44.3 Å². The van der Waals surface area contributed by atoms with Crippen molar-refractivity contribution in [2.45, 2.75) is 85.0 Å². The number of H-pyrrole nitrogens is 1. The number of rotatable bonds is 12. The van der Waals surface area contributed by atoms with Crippen molar-refractivity contribution in [2.24, 2.45) is 0 Å². The Bertz CT molecular complexity index is 1670. The van der Waals surface area contributed by atoms with Crippen molar-refractivity contribution < 1.29 is 28.5 Å². The lowest BCUT2D eigenvalue weighted by Gasteiger charge is -2.36. The smallest absolute Gasteiger partial charge is 0.410 e. The van der Waals surface area contributed by atoms with Crippen LogP contribution in [-0.4, -0.2) is 79.8 Å². The van der Waals surface area contributed by atoms with Gasteiger partial charge in [0.05, 0.1) is 41.1 Å². The Morgan fingerprint density at radius 2 is 1.86 bits per heavy atom. The highest BCUT2D eigenvalue weighted by molar-refractivity contribution is 7.82. The third-order valence-electron chi connectivity index (χ3n) is 8.15. The van der Waals surface area contributed by atoms with Gasteiger partial charge in [-0.25, -0.2) is 13.9 Å². The zero-order valence-electron chi connectivity index (χ0n) is 29.5. The number of carbonyl (C=O) groups is 2.